The van der Waals surface area contributed by atoms with Crippen molar-refractivity contribution in [3.63, 3.8) is 0 Å². The fourth-order valence-electron chi connectivity index (χ4n) is 1.95. The summed E-state index contributed by atoms with van der Waals surface area (Å²) in [7, 11) is 0. The van der Waals surface area contributed by atoms with Crippen molar-refractivity contribution in [2.45, 2.75) is 20.3 Å². The molecular formula is C15H16N2O2. The lowest BCUT2D eigenvalue weighted by Crippen LogP contribution is -2.12. The lowest BCUT2D eigenvalue weighted by molar-refractivity contribution is 0.0997. The highest BCUT2D eigenvalue weighted by atomic mass is 16.3. The maximum atomic E-state index is 11.2. The molecule has 1 amide bonds. The highest BCUT2D eigenvalue weighted by Crippen LogP contribution is 2.23. The fraction of sp³-hybridized carbons (Fsp3) is 0.200. The lowest BCUT2D eigenvalue weighted by Gasteiger charge is -2.09. The van der Waals surface area contributed by atoms with E-state index in [-0.39, 0.29) is 11.3 Å². The second kappa shape index (κ2) is 5.10. The molecule has 0 atom stereocenters. The number of carbonyl (C=O) groups excluding carboxylic acids is 1. The molecule has 98 valence electrons. The number of phenols is 1. The minimum atomic E-state index is -0.624. The minimum Gasteiger partial charge on any atom is -0.507 e. The Morgan fingerprint density at radius 1 is 1.32 bits per heavy atom. The number of rotatable bonds is 3. The molecule has 4 nitrogen and oxygen atoms in total. The van der Waals surface area contributed by atoms with E-state index in [0.29, 0.717) is 6.42 Å². The first-order chi connectivity index (χ1) is 8.97. The third-order valence-corrected chi connectivity index (χ3v) is 3.09. The zero-order chi connectivity index (χ0) is 14.0. The van der Waals surface area contributed by atoms with Gasteiger partial charge >= 0.3 is 0 Å². The van der Waals surface area contributed by atoms with E-state index in [2.05, 4.69) is 4.98 Å². The maximum Gasteiger partial charge on any atom is 0.252 e. The molecule has 0 radical (unpaired) electrons. The number of hydrogen-bond donors (Lipinski definition) is 2. The Morgan fingerprint density at radius 2 is 2.05 bits per heavy atom. The van der Waals surface area contributed by atoms with Gasteiger partial charge in [-0.25, -0.2) is 0 Å². The van der Waals surface area contributed by atoms with E-state index in [4.69, 9.17) is 5.73 Å². The Labute approximate surface area is 111 Å². The molecule has 0 aliphatic heterocycles. The Morgan fingerprint density at radius 3 is 2.63 bits per heavy atom. The average molecular weight is 256 g/mol. The van der Waals surface area contributed by atoms with Crippen LogP contribution >= 0.6 is 0 Å². The number of pyridine rings is 1. The molecule has 2 rings (SSSR count). The number of aromatic hydroxyl groups is 1. The standard InChI is InChI=1S/C15H16N2O2/c1-9-5-14(18)13(15(16)19)7-12(9)6-11-4-3-10(2)17-8-11/h3-5,7-8,18H,6H2,1-2H3,(H2,16,19). The predicted octanol–water partition coefficient (Wildman–Crippen LogP) is 2.09. The second-order valence-corrected chi connectivity index (χ2v) is 4.64. The number of amides is 1. The summed E-state index contributed by atoms with van der Waals surface area (Å²) in [5.41, 5.74) is 9.28. The molecule has 0 aliphatic carbocycles. The van der Waals surface area contributed by atoms with Crippen molar-refractivity contribution >= 4 is 5.91 Å². The third kappa shape index (κ3) is 2.91. The van der Waals surface area contributed by atoms with E-state index in [9.17, 15) is 9.90 Å². The van der Waals surface area contributed by atoms with Gasteiger partial charge in [0, 0.05) is 11.9 Å². The highest BCUT2D eigenvalue weighted by Gasteiger charge is 2.11. The van der Waals surface area contributed by atoms with Gasteiger partial charge in [-0.3, -0.25) is 9.78 Å². The summed E-state index contributed by atoms with van der Waals surface area (Å²) < 4.78 is 0. The molecule has 0 fully saturated rings. The summed E-state index contributed by atoms with van der Waals surface area (Å²) in [6, 6.07) is 7.16. The van der Waals surface area contributed by atoms with Crippen LogP contribution in [-0.2, 0) is 6.42 Å². The first-order valence-electron chi connectivity index (χ1n) is 6.01. The van der Waals surface area contributed by atoms with Gasteiger partial charge in [-0.2, -0.15) is 0 Å². The number of carbonyl (C=O) groups is 1. The van der Waals surface area contributed by atoms with Crippen LogP contribution in [0.25, 0.3) is 0 Å². The fourth-order valence-corrected chi connectivity index (χ4v) is 1.95. The van der Waals surface area contributed by atoms with Gasteiger partial charge in [0.2, 0.25) is 0 Å². The van der Waals surface area contributed by atoms with Crippen molar-refractivity contribution in [3.8, 4) is 5.75 Å². The van der Waals surface area contributed by atoms with Gasteiger partial charge in [-0.15, -0.1) is 0 Å². The minimum absolute atomic E-state index is 0.0734. The largest absolute Gasteiger partial charge is 0.507 e. The van der Waals surface area contributed by atoms with Gasteiger partial charge in [-0.05, 0) is 55.2 Å². The van der Waals surface area contributed by atoms with Crippen LogP contribution in [0.1, 0.15) is 32.7 Å². The number of aryl methyl sites for hydroxylation is 2. The summed E-state index contributed by atoms with van der Waals surface area (Å²) >= 11 is 0. The summed E-state index contributed by atoms with van der Waals surface area (Å²) in [5.74, 6) is -0.698. The molecule has 0 aliphatic rings. The van der Waals surface area contributed by atoms with Gasteiger partial charge in [0.1, 0.15) is 5.75 Å². The van der Waals surface area contributed by atoms with Crippen molar-refractivity contribution in [2.75, 3.05) is 0 Å². The molecule has 0 bridgehead atoms. The Bertz CT molecular complexity index is 619. The number of nitrogens with two attached hydrogens (primary N) is 1. The van der Waals surface area contributed by atoms with Gasteiger partial charge < -0.3 is 10.8 Å². The van der Waals surface area contributed by atoms with Crippen LogP contribution in [0.5, 0.6) is 5.75 Å². The first kappa shape index (κ1) is 13.1. The van der Waals surface area contributed by atoms with Crippen molar-refractivity contribution in [1.82, 2.24) is 4.98 Å². The number of hydrogen-bond acceptors (Lipinski definition) is 3. The second-order valence-electron chi connectivity index (χ2n) is 4.64. The molecule has 2 aromatic rings. The lowest BCUT2D eigenvalue weighted by atomic mass is 9.98. The average Bonchev–Trinajstić information content (AvgIpc) is 2.34. The van der Waals surface area contributed by atoms with Crippen LogP contribution in [0.15, 0.2) is 30.5 Å². The van der Waals surface area contributed by atoms with E-state index in [1.54, 1.807) is 12.1 Å². The van der Waals surface area contributed by atoms with Crippen LogP contribution < -0.4 is 5.73 Å². The van der Waals surface area contributed by atoms with E-state index in [1.165, 1.54) is 0 Å². The summed E-state index contributed by atoms with van der Waals surface area (Å²) in [6.07, 6.45) is 2.46. The molecule has 19 heavy (non-hydrogen) atoms. The molecule has 3 N–H and O–H groups in total. The van der Waals surface area contributed by atoms with Crippen LogP contribution in [-0.4, -0.2) is 16.0 Å². The molecule has 0 saturated carbocycles. The third-order valence-electron chi connectivity index (χ3n) is 3.09. The van der Waals surface area contributed by atoms with Crippen molar-refractivity contribution in [2.24, 2.45) is 5.73 Å². The number of benzene rings is 1. The van der Waals surface area contributed by atoms with E-state index in [0.717, 1.165) is 22.4 Å². The van der Waals surface area contributed by atoms with Crippen LogP contribution in [0, 0.1) is 13.8 Å². The smallest absolute Gasteiger partial charge is 0.252 e. The molecule has 1 heterocycles. The molecular weight excluding hydrogens is 240 g/mol. The quantitative estimate of drug-likeness (QED) is 0.882. The number of nitrogens with zero attached hydrogens (tertiary/aromatic N) is 1. The molecule has 4 heteroatoms. The summed E-state index contributed by atoms with van der Waals surface area (Å²) in [4.78, 5) is 15.5. The topological polar surface area (TPSA) is 76.2 Å². The normalized spacial score (nSPS) is 10.4. The van der Waals surface area contributed by atoms with E-state index < -0.39 is 5.91 Å². The molecule has 0 spiro atoms. The van der Waals surface area contributed by atoms with Gasteiger partial charge in [-0.1, -0.05) is 6.07 Å². The zero-order valence-corrected chi connectivity index (χ0v) is 11.0. The van der Waals surface area contributed by atoms with E-state index in [1.807, 2.05) is 32.2 Å². The van der Waals surface area contributed by atoms with Gasteiger partial charge in [0.25, 0.3) is 5.91 Å². The Balaban J connectivity index is 2.37. The maximum absolute atomic E-state index is 11.2. The SMILES string of the molecule is Cc1ccc(Cc2cc(C(N)=O)c(O)cc2C)cn1. The number of aromatic nitrogens is 1. The van der Waals surface area contributed by atoms with Crippen LogP contribution in [0.2, 0.25) is 0 Å². The van der Waals surface area contributed by atoms with E-state index >= 15 is 0 Å². The first-order valence-corrected chi connectivity index (χ1v) is 6.01. The van der Waals surface area contributed by atoms with Gasteiger partial charge in [0.05, 0.1) is 5.56 Å². The molecule has 0 saturated heterocycles. The van der Waals surface area contributed by atoms with Gasteiger partial charge in [0.15, 0.2) is 0 Å². The summed E-state index contributed by atoms with van der Waals surface area (Å²) in [5, 5.41) is 9.68. The predicted molar refractivity (Wildman–Crippen MR) is 73.1 cm³/mol. The van der Waals surface area contributed by atoms with Crippen molar-refractivity contribution in [1.29, 1.82) is 0 Å². The molecule has 1 aromatic heterocycles. The molecule has 1 aromatic carbocycles. The monoisotopic (exact) mass is 256 g/mol. The number of primary amides is 1. The highest BCUT2D eigenvalue weighted by molar-refractivity contribution is 5.95. The van der Waals surface area contributed by atoms with Crippen molar-refractivity contribution < 1.29 is 9.90 Å². The molecule has 0 unspecified atom stereocenters. The van der Waals surface area contributed by atoms with Crippen LogP contribution in [0.4, 0.5) is 0 Å². The zero-order valence-electron chi connectivity index (χ0n) is 11.0. The van der Waals surface area contributed by atoms with Crippen molar-refractivity contribution in [3.05, 3.63) is 58.4 Å². The summed E-state index contributed by atoms with van der Waals surface area (Å²) in [6.45, 7) is 3.82. The Hall–Kier alpha value is -2.36. The Kier molecular flexibility index (Phi) is 3.51. The van der Waals surface area contributed by atoms with Crippen LogP contribution in [0.3, 0.4) is 0 Å².